The summed E-state index contributed by atoms with van der Waals surface area (Å²) in [6.07, 6.45) is 1.62. The molecule has 0 spiro atoms. The zero-order valence-corrected chi connectivity index (χ0v) is 13.4. The number of hydrogen-bond donors (Lipinski definition) is 2. The molecule has 1 aromatic heterocycles. The highest BCUT2D eigenvalue weighted by atomic mass is 19.1. The number of para-hydroxylation sites is 1. The number of anilines is 1. The summed E-state index contributed by atoms with van der Waals surface area (Å²) in [6.45, 7) is 6.17. The molecule has 2 aromatic carbocycles. The molecular weight excluding hydrogens is 291 g/mol. The first-order valence-corrected chi connectivity index (χ1v) is 7.65. The lowest BCUT2D eigenvalue weighted by molar-refractivity contribution is 0.102. The van der Waals surface area contributed by atoms with Crippen LogP contribution in [0.15, 0.2) is 42.6 Å². The minimum atomic E-state index is -0.327. The first kappa shape index (κ1) is 15.3. The second-order valence-electron chi connectivity index (χ2n) is 6.04. The maximum Gasteiger partial charge on any atom is 0.257 e. The van der Waals surface area contributed by atoms with Crippen molar-refractivity contribution >= 4 is 22.5 Å². The number of hydrogen-bond acceptors (Lipinski definition) is 1. The number of H-pyrrole nitrogens is 1. The first-order chi connectivity index (χ1) is 11.0. The molecule has 4 heteroatoms. The molecule has 0 aliphatic carbocycles. The number of fused-ring (bicyclic) bond motifs is 1. The topological polar surface area (TPSA) is 44.9 Å². The number of aromatic nitrogens is 1. The second-order valence-corrected chi connectivity index (χ2v) is 6.04. The van der Waals surface area contributed by atoms with Gasteiger partial charge in [-0.3, -0.25) is 4.79 Å². The van der Waals surface area contributed by atoms with Crippen molar-refractivity contribution in [3.8, 4) is 0 Å². The number of amides is 1. The molecule has 3 rings (SSSR count). The molecule has 3 nitrogen and oxygen atoms in total. The molecule has 2 N–H and O–H groups in total. The summed E-state index contributed by atoms with van der Waals surface area (Å²) in [5.41, 5.74) is 4.10. The third kappa shape index (κ3) is 2.84. The predicted octanol–water partition coefficient (Wildman–Crippen LogP) is 4.99. The van der Waals surface area contributed by atoms with E-state index in [1.165, 1.54) is 12.1 Å². The zero-order chi connectivity index (χ0) is 16.6. The molecule has 23 heavy (non-hydrogen) atoms. The molecule has 0 bridgehead atoms. The molecule has 0 saturated carbocycles. The van der Waals surface area contributed by atoms with Crippen LogP contribution in [0.3, 0.4) is 0 Å². The van der Waals surface area contributed by atoms with Crippen molar-refractivity contribution in [1.82, 2.24) is 4.98 Å². The van der Waals surface area contributed by atoms with Gasteiger partial charge >= 0.3 is 0 Å². The van der Waals surface area contributed by atoms with Crippen LogP contribution in [-0.4, -0.2) is 10.9 Å². The highest BCUT2D eigenvalue weighted by molar-refractivity contribution is 6.13. The standard InChI is InChI=1S/C19H19FN2O/c1-11(2)14-6-4-5-12(3)18(14)22-19(23)16-10-21-17-9-13(20)7-8-15(16)17/h4-11,21H,1-3H3,(H,22,23). The van der Waals surface area contributed by atoms with Crippen LogP contribution in [-0.2, 0) is 0 Å². The van der Waals surface area contributed by atoms with Gasteiger partial charge in [0.05, 0.1) is 5.56 Å². The Balaban J connectivity index is 1.99. The van der Waals surface area contributed by atoms with E-state index >= 15 is 0 Å². The van der Waals surface area contributed by atoms with Crippen LogP contribution in [0.2, 0.25) is 0 Å². The maximum absolute atomic E-state index is 13.3. The van der Waals surface area contributed by atoms with E-state index in [9.17, 15) is 9.18 Å². The smallest absolute Gasteiger partial charge is 0.257 e. The van der Waals surface area contributed by atoms with Gasteiger partial charge in [-0.15, -0.1) is 0 Å². The van der Waals surface area contributed by atoms with Crippen LogP contribution in [0.5, 0.6) is 0 Å². The molecule has 3 aromatic rings. The van der Waals surface area contributed by atoms with Crippen molar-refractivity contribution in [2.75, 3.05) is 5.32 Å². The zero-order valence-electron chi connectivity index (χ0n) is 13.4. The fourth-order valence-corrected chi connectivity index (χ4v) is 2.81. The van der Waals surface area contributed by atoms with Crippen molar-refractivity contribution in [2.45, 2.75) is 26.7 Å². The average Bonchev–Trinajstić information content (AvgIpc) is 2.91. The van der Waals surface area contributed by atoms with E-state index < -0.39 is 0 Å². The molecule has 0 aliphatic rings. The van der Waals surface area contributed by atoms with E-state index in [0.717, 1.165) is 16.8 Å². The van der Waals surface area contributed by atoms with E-state index in [1.807, 2.05) is 25.1 Å². The highest BCUT2D eigenvalue weighted by Gasteiger charge is 2.16. The van der Waals surface area contributed by atoms with Crippen LogP contribution >= 0.6 is 0 Å². The summed E-state index contributed by atoms with van der Waals surface area (Å²) in [4.78, 5) is 15.6. The number of aryl methyl sites for hydroxylation is 1. The summed E-state index contributed by atoms with van der Waals surface area (Å²) in [5, 5.41) is 3.73. The number of rotatable bonds is 3. The Morgan fingerprint density at radius 2 is 2.00 bits per heavy atom. The minimum absolute atomic E-state index is 0.195. The van der Waals surface area contributed by atoms with Gasteiger partial charge in [-0.1, -0.05) is 32.0 Å². The molecule has 118 valence electrons. The summed E-state index contributed by atoms with van der Waals surface area (Å²) in [5.74, 6) is -0.214. The summed E-state index contributed by atoms with van der Waals surface area (Å²) in [7, 11) is 0. The van der Waals surface area contributed by atoms with Gasteiger partial charge in [0.15, 0.2) is 0 Å². The fraction of sp³-hybridized carbons (Fsp3) is 0.211. The minimum Gasteiger partial charge on any atom is -0.360 e. The molecular formula is C19H19FN2O. The van der Waals surface area contributed by atoms with E-state index in [1.54, 1.807) is 12.3 Å². The Labute approximate surface area is 134 Å². The number of halogens is 1. The second kappa shape index (κ2) is 5.88. The summed E-state index contributed by atoms with van der Waals surface area (Å²) in [6, 6.07) is 10.4. The van der Waals surface area contributed by atoms with Crippen LogP contribution in [0.1, 0.15) is 41.3 Å². The van der Waals surface area contributed by atoms with Crippen LogP contribution in [0.4, 0.5) is 10.1 Å². The normalized spacial score (nSPS) is 11.2. The Bertz CT molecular complexity index is 880. The van der Waals surface area contributed by atoms with Gasteiger partial charge in [0.1, 0.15) is 5.82 Å². The number of nitrogens with one attached hydrogen (secondary N) is 2. The first-order valence-electron chi connectivity index (χ1n) is 7.65. The van der Waals surface area contributed by atoms with E-state index in [0.29, 0.717) is 22.4 Å². The van der Waals surface area contributed by atoms with Gasteiger partial charge in [0.25, 0.3) is 5.91 Å². The Hall–Kier alpha value is -2.62. The van der Waals surface area contributed by atoms with Crippen LogP contribution in [0.25, 0.3) is 10.9 Å². The van der Waals surface area contributed by atoms with Crippen LogP contribution in [0, 0.1) is 12.7 Å². The van der Waals surface area contributed by atoms with Gasteiger partial charge in [0.2, 0.25) is 0 Å². The van der Waals surface area contributed by atoms with Crippen molar-refractivity contribution in [3.63, 3.8) is 0 Å². The summed E-state index contributed by atoms with van der Waals surface area (Å²) >= 11 is 0. The van der Waals surface area contributed by atoms with E-state index in [2.05, 4.69) is 24.1 Å². The van der Waals surface area contributed by atoms with Crippen molar-refractivity contribution in [3.05, 3.63) is 65.1 Å². The molecule has 0 saturated heterocycles. The SMILES string of the molecule is Cc1cccc(C(C)C)c1NC(=O)c1c[nH]c2cc(F)ccc12. The summed E-state index contributed by atoms with van der Waals surface area (Å²) < 4.78 is 13.3. The van der Waals surface area contributed by atoms with Gasteiger partial charge in [-0.05, 0) is 42.2 Å². The molecule has 1 amide bonds. The lowest BCUT2D eigenvalue weighted by Gasteiger charge is -2.16. The fourth-order valence-electron chi connectivity index (χ4n) is 2.81. The highest BCUT2D eigenvalue weighted by Crippen LogP contribution is 2.28. The molecule has 0 unspecified atom stereocenters. The van der Waals surface area contributed by atoms with Crippen molar-refractivity contribution in [2.24, 2.45) is 0 Å². The third-order valence-electron chi connectivity index (χ3n) is 4.05. The average molecular weight is 310 g/mol. The Morgan fingerprint density at radius 1 is 1.22 bits per heavy atom. The van der Waals surface area contributed by atoms with Crippen molar-refractivity contribution in [1.29, 1.82) is 0 Å². The lowest BCUT2D eigenvalue weighted by Crippen LogP contribution is -2.14. The third-order valence-corrected chi connectivity index (χ3v) is 4.05. The molecule has 0 atom stereocenters. The maximum atomic E-state index is 13.3. The molecule has 0 aliphatic heterocycles. The largest absolute Gasteiger partial charge is 0.360 e. The van der Waals surface area contributed by atoms with Crippen molar-refractivity contribution < 1.29 is 9.18 Å². The van der Waals surface area contributed by atoms with Gasteiger partial charge in [-0.25, -0.2) is 4.39 Å². The Morgan fingerprint density at radius 3 is 2.74 bits per heavy atom. The molecule has 0 radical (unpaired) electrons. The Kier molecular flexibility index (Phi) is 3.90. The van der Waals surface area contributed by atoms with Gasteiger partial charge < -0.3 is 10.3 Å². The lowest BCUT2D eigenvalue weighted by atomic mass is 9.98. The molecule has 0 fully saturated rings. The number of carbonyl (C=O) groups excluding carboxylic acids is 1. The van der Waals surface area contributed by atoms with E-state index in [4.69, 9.17) is 0 Å². The number of carbonyl (C=O) groups is 1. The van der Waals surface area contributed by atoms with Gasteiger partial charge in [-0.2, -0.15) is 0 Å². The number of benzene rings is 2. The molecule has 1 heterocycles. The quantitative estimate of drug-likeness (QED) is 0.703. The van der Waals surface area contributed by atoms with E-state index in [-0.39, 0.29) is 11.7 Å². The monoisotopic (exact) mass is 310 g/mol. The number of aromatic amines is 1. The van der Waals surface area contributed by atoms with Gasteiger partial charge in [0, 0.05) is 22.8 Å². The predicted molar refractivity (Wildman–Crippen MR) is 91.5 cm³/mol. The van der Waals surface area contributed by atoms with Crippen LogP contribution < -0.4 is 5.32 Å².